The SMILES string of the molecule is CC(Oc1ccccc1)C(=O)N1CCN(C(=O)c2cccc(Cc3n[nH]c(=O)c4ccccc34)c2)CC1. The van der Waals surface area contributed by atoms with Gasteiger partial charge in [0.25, 0.3) is 17.4 Å². The normalized spacial score (nSPS) is 14.4. The lowest BCUT2D eigenvalue weighted by molar-refractivity contribution is -0.139. The van der Waals surface area contributed by atoms with E-state index in [0.29, 0.717) is 49.3 Å². The molecule has 1 aliphatic heterocycles. The van der Waals surface area contributed by atoms with E-state index in [9.17, 15) is 14.4 Å². The third kappa shape index (κ3) is 5.38. The quantitative estimate of drug-likeness (QED) is 0.442. The Hall–Kier alpha value is -4.46. The molecule has 1 atom stereocenters. The molecule has 2 heterocycles. The number of nitrogens with zero attached hydrogens (tertiary/aromatic N) is 3. The molecule has 8 nitrogen and oxygen atoms in total. The maximum atomic E-state index is 13.2. The van der Waals surface area contributed by atoms with Crippen LogP contribution in [0.25, 0.3) is 10.8 Å². The van der Waals surface area contributed by atoms with Gasteiger partial charge in [0.2, 0.25) is 0 Å². The largest absolute Gasteiger partial charge is 0.481 e. The number of piperazine rings is 1. The van der Waals surface area contributed by atoms with E-state index in [1.54, 1.807) is 28.9 Å². The number of para-hydroxylation sites is 1. The first-order chi connectivity index (χ1) is 18.0. The van der Waals surface area contributed by atoms with Gasteiger partial charge in [-0.1, -0.05) is 48.5 Å². The molecule has 1 N–H and O–H groups in total. The van der Waals surface area contributed by atoms with Crippen LogP contribution in [0, 0.1) is 0 Å². The van der Waals surface area contributed by atoms with Crippen LogP contribution in [0.3, 0.4) is 0 Å². The third-order valence-electron chi connectivity index (χ3n) is 6.60. The van der Waals surface area contributed by atoms with E-state index in [0.717, 1.165) is 16.6 Å². The van der Waals surface area contributed by atoms with Crippen molar-refractivity contribution >= 4 is 22.6 Å². The van der Waals surface area contributed by atoms with Gasteiger partial charge in [0.15, 0.2) is 6.10 Å². The molecule has 1 fully saturated rings. The van der Waals surface area contributed by atoms with Gasteiger partial charge >= 0.3 is 0 Å². The third-order valence-corrected chi connectivity index (χ3v) is 6.60. The first kappa shape index (κ1) is 24.2. The molecule has 0 spiro atoms. The molecule has 0 saturated carbocycles. The monoisotopic (exact) mass is 496 g/mol. The fourth-order valence-electron chi connectivity index (χ4n) is 4.64. The van der Waals surface area contributed by atoms with E-state index < -0.39 is 6.10 Å². The number of nitrogens with one attached hydrogen (secondary N) is 1. The van der Waals surface area contributed by atoms with Crippen molar-refractivity contribution in [2.75, 3.05) is 26.2 Å². The van der Waals surface area contributed by atoms with E-state index in [1.165, 1.54) is 0 Å². The number of aromatic nitrogens is 2. The van der Waals surface area contributed by atoms with Gasteiger partial charge in [-0.15, -0.1) is 0 Å². The second-order valence-electron chi connectivity index (χ2n) is 9.11. The van der Waals surface area contributed by atoms with Crippen LogP contribution >= 0.6 is 0 Å². The number of rotatable bonds is 6. The number of carbonyl (C=O) groups is 2. The predicted molar refractivity (Wildman–Crippen MR) is 141 cm³/mol. The van der Waals surface area contributed by atoms with Gasteiger partial charge in [0.05, 0.1) is 11.1 Å². The predicted octanol–water partition coefficient (Wildman–Crippen LogP) is 3.27. The molecule has 5 rings (SSSR count). The molecule has 3 aromatic carbocycles. The van der Waals surface area contributed by atoms with E-state index in [2.05, 4.69) is 10.2 Å². The van der Waals surface area contributed by atoms with Crippen LogP contribution in [0.5, 0.6) is 5.75 Å². The highest BCUT2D eigenvalue weighted by Crippen LogP contribution is 2.19. The van der Waals surface area contributed by atoms with E-state index in [1.807, 2.05) is 66.7 Å². The van der Waals surface area contributed by atoms with Crippen LogP contribution < -0.4 is 10.3 Å². The lowest BCUT2D eigenvalue weighted by Crippen LogP contribution is -2.53. The number of hydrogen-bond acceptors (Lipinski definition) is 5. The molecule has 1 aliphatic rings. The minimum atomic E-state index is -0.598. The standard InChI is InChI=1S/C29H28N4O4/c1-20(37-23-10-3-2-4-11-23)28(35)32-14-16-33(17-15-32)29(36)22-9-7-8-21(18-22)19-26-24-12-5-6-13-25(24)27(34)31-30-26/h2-13,18,20H,14-17,19H2,1H3,(H,31,34). The van der Waals surface area contributed by atoms with Gasteiger partial charge in [-0.2, -0.15) is 5.10 Å². The number of H-pyrrole nitrogens is 1. The first-order valence-corrected chi connectivity index (χ1v) is 12.3. The molecule has 4 aromatic rings. The van der Waals surface area contributed by atoms with Gasteiger partial charge in [0, 0.05) is 43.5 Å². The zero-order valence-corrected chi connectivity index (χ0v) is 20.6. The summed E-state index contributed by atoms with van der Waals surface area (Å²) in [6.45, 7) is 3.58. The summed E-state index contributed by atoms with van der Waals surface area (Å²) in [6, 6.07) is 24.1. The molecule has 1 saturated heterocycles. The number of amides is 2. The molecule has 0 radical (unpaired) electrons. The summed E-state index contributed by atoms with van der Waals surface area (Å²) in [4.78, 5) is 41.7. The van der Waals surface area contributed by atoms with E-state index in [-0.39, 0.29) is 17.4 Å². The second-order valence-corrected chi connectivity index (χ2v) is 9.11. The van der Waals surface area contributed by atoms with Gasteiger partial charge in [0.1, 0.15) is 5.75 Å². The van der Waals surface area contributed by atoms with Crippen molar-refractivity contribution in [3.8, 4) is 5.75 Å². The van der Waals surface area contributed by atoms with E-state index in [4.69, 9.17) is 4.74 Å². The molecular weight excluding hydrogens is 468 g/mol. The summed E-state index contributed by atoms with van der Waals surface area (Å²) in [5, 5.41) is 8.21. The van der Waals surface area contributed by atoms with Crippen LogP contribution in [0.15, 0.2) is 83.7 Å². The summed E-state index contributed by atoms with van der Waals surface area (Å²) >= 11 is 0. The summed E-state index contributed by atoms with van der Waals surface area (Å²) < 4.78 is 5.77. The number of carbonyl (C=O) groups excluding carboxylic acids is 2. The molecule has 37 heavy (non-hydrogen) atoms. The van der Waals surface area contributed by atoms with Gasteiger partial charge in [-0.25, -0.2) is 5.10 Å². The zero-order valence-electron chi connectivity index (χ0n) is 20.6. The number of fused-ring (bicyclic) bond motifs is 1. The molecule has 0 bridgehead atoms. The van der Waals surface area contributed by atoms with Gasteiger partial charge < -0.3 is 14.5 Å². The van der Waals surface area contributed by atoms with Crippen molar-refractivity contribution in [3.63, 3.8) is 0 Å². The first-order valence-electron chi connectivity index (χ1n) is 12.3. The van der Waals surface area contributed by atoms with Gasteiger partial charge in [-0.05, 0) is 42.8 Å². The summed E-state index contributed by atoms with van der Waals surface area (Å²) in [5.74, 6) is 0.502. The smallest absolute Gasteiger partial charge is 0.272 e. The molecule has 0 aliphatic carbocycles. The zero-order chi connectivity index (χ0) is 25.8. The molecule has 188 valence electrons. The number of ether oxygens (including phenoxy) is 1. The molecular formula is C29H28N4O4. The van der Waals surface area contributed by atoms with Crippen molar-refractivity contribution in [3.05, 3.63) is 106 Å². The van der Waals surface area contributed by atoms with Crippen LogP contribution in [-0.2, 0) is 11.2 Å². The van der Waals surface area contributed by atoms with Crippen molar-refractivity contribution in [1.82, 2.24) is 20.0 Å². The van der Waals surface area contributed by atoms with Crippen molar-refractivity contribution in [2.45, 2.75) is 19.4 Å². The fourth-order valence-corrected chi connectivity index (χ4v) is 4.64. The average molecular weight is 497 g/mol. The van der Waals surface area contributed by atoms with Crippen molar-refractivity contribution in [2.24, 2.45) is 0 Å². The van der Waals surface area contributed by atoms with Crippen LogP contribution in [0.4, 0.5) is 0 Å². The average Bonchev–Trinajstić information content (AvgIpc) is 2.95. The lowest BCUT2D eigenvalue weighted by atomic mass is 10.0. The number of benzene rings is 3. The van der Waals surface area contributed by atoms with Crippen LogP contribution in [0.2, 0.25) is 0 Å². The Kier molecular flexibility index (Phi) is 6.98. The molecule has 8 heteroatoms. The highest BCUT2D eigenvalue weighted by molar-refractivity contribution is 5.94. The highest BCUT2D eigenvalue weighted by Gasteiger charge is 2.28. The van der Waals surface area contributed by atoms with Crippen LogP contribution in [-0.4, -0.2) is 64.1 Å². The fraction of sp³-hybridized carbons (Fsp3) is 0.241. The van der Waals surface area contributed by atoms with Crippen molar-refractivity contribution in [1.29, 1.82) is 0 Å². The maximum Gasteiger partial charge on any atom is 0.272 e. The van der Waals surface area contributed by atoms with E-state index >= 15 is 0 Å². The summed E-state index contributed by atoms with van der Waals surface area (Å²) in [5.41, 5.74) is 2.05. The van der Waals surface area contributed by atoms with Crippen molar-refractivity contribution < 1.29 is 14.3 Å². The minimum absolute atomic E-state index is 0.0678. The second kappa shape index (κ2) is 10.7. The Bertz CT molecular complexity index is 1480. The molecule has 1 aromatic heterocycles. The molecule has 1 unspecified atom stereocenters. The topological polar surface area (TPSA) is 95.6 Å². The Morgan fingerprint density at radius 3 is 2.32 bits per heavy atom. The number of aromatic amines is 1. The maximum absolute atomic E-state index is 13.2. The highest BCUT2D eigenvalue weighted by atomic mass is 16.5. The Labute approximate surface area is 214 Å². The Morgan fingerprint density at radius 2 is 1.57 bits per heavy atom. The summed E-state index contributed by atoms with van der Waals surface area (Å²) in [6.07, 6.45) is -0.112. The Balaban J connectivity index is 1.22. The Morgan fingerprint density at radius 1 is 0.892 bits per heavy atom. The lowest BCUT2D eigenvalue weighted by Gasteiger charge is -2.36. The molecule has 2 amide bonds. The minimum Gasteiger partial charge on any atom is -0.481 e. The van der Waals surface area contributed by atoms with Gasteiger partial charge in [-0.3, -0.25) is 14.4 Å². The number of hydrogen-bond donors (Lipinski definition) is 1. The summed E-state index contributed by atoms with van der Waals surface area (Å²) in [7, 11) is 0. The van der Waals surface area contributed by atoms with Crippen LogP contribution in [0.1, 0.15) is 28.5 Å².